The third-order valence-electron chi connectivity index (χ3n) is 2.97. The van der Waals surface area contributed by atoms with Crippen molar-refractivity contribution >= 4 is 11.6 Å². The lowest BCUT2D eigenvalue weighted by molar-refractivity contribution is -0.117. The quantitative estimate of drug-likeness (QED) is 0.766. The number of amides is 1. The highest BCUT2D eigenvalue weighted by molar-refractivity contribution is 6.02. The Balaban J connectivity index is 2.35. The number of carbonyl (C=O) groups excluding carboxylic acids is 1. The highest BCUT2D eigenvalue weighted by Crippen LogP contribution is 2.40. The summed E-state index contributed by atoms with van der Waals surface area (Å²) in [5, 5.41) is 2.96. The molecule has 1 amide bonds. The van der Waals surface area contributed by atoms with Crippen LogP contribution in [0.5, 0.6) is 0 Å². The number of benzene rings is 1. The van der Waals surface area contributed by atoms with Crippen LogP contribution < -0.4 is 5.32 Å². The molecule has 1 unspecified atom stereocenters. The molecule has 2 nitrogen and oxygen atoms in total. The molecule has 1 aromatic rings. The van der Waals surface area contributed by atoms with Crippen LogP contribution in [0.15, 0.2) is 18.2 Å². The summed E-state index contributed by atoms with van der Waals surface area (Å²) >= 11 is 0. The van der Waals surface area contributed by atoms with Crippen molar-refractivity contribution < 1.29 is 4.79 Å². The van der Waals surface area contributed by atoms with Crippen LogP contribution in [0, 0.1) is 12.3 Å². The first-order valence-electron chi connectivity index (χ1n) is 5.78. The van der Waals surface area contributed by atoms with Crippen molar-refractivity contribution in [3.05, 3.63) is 29.3 Å². The zero-order chi connectivity index (χ0) is 11.9. The van der Waals surface area contributed by atoms with Gasteiger partial charge in [-0.05, 0) is 30.4 Å². The molecule has 86 valence electrons. The Hall–Kier alpha value is -1.31. The summed E-state index contributed by atoms with van der Waals surface area (Å²) in [6.45, 7) is 8.59. The minimum Gasteiger partial charge on any atom is -0.325 e. The van der Waals surface area contributed by atoms with Gasteiger partial charge in [-0.1, -0.05) is 38.5 Å². The minimum atomic E-state index is 0.0231. The molecule has 1 atom stereocenters. The normalized spacial score (nSPS) is 19.5. The number of fused-ring (bicyclic) bond motifs is 1. The first-order valence-corrected chi connectivity index (χ1v) is 5.78. The van der Waals surface area contributed by atoms with Gasteiger partial charge in [0, 0.05) is 5.69 Å². The Morgan fingerprint density at radius 2 is 2.00 bits per heavy atom. The molecule has 0 saturated carbocycles. The van der Waals surface area contributed by atoms with Gasteiger partial charge in [-0.3, -0.25) is 4.79 Å². The van der Waals surface area contributed by atoms with E-state index in [1.54, 1.807) is 0 Å². The fourth-order valence-electron chi connectivity index (χ4n) is 2.26. The standard InChI is InChI=1S/C14H19NO/c1-9-5-6-12-10(7-9)11(13(16)15-12)8-14(2,3)4/h5-7,11H,8H2,1-4H3,(H,15,16). The molecule has 0 saturated heterocycles. The molecule has 1 N–H and O–H groups in total. The molecule has 2 rings (SSSR count). The van der Waals surface area contributed by atoms with Crippen molar-refractivity contribution in [3.63, 3.8) is 0 Å². The molecule has 1 aliphatic heterocycles. The summed E-state index contributed by atoms with van der Waals surface area (Å²) in [6, 6.07) is 6.17. The monoisotopic (exact) mass is 217 g/mol. The minimum absolute atomic E-state index is 0.0231. The van der Waals surface area contributed by atoms with Gasteiger partial charge in [0.1, 0.15) is 0 Å². The highest BCUT2D eigenvalue weighted by atomic mass is 16.2. The number of nitrogens with one attached hydrogen (secondary N) is 1. The van der Waals surface area contributed by atoms with Crippen molar-refractivity contribution in [2.45, 2.75) is 40.0 Å². The van der Waals surface area contributed by atoms with Crippen LogP contribution in [0.4, 0.5) is 5.69 Å². The molecule has 0 bridgehead atoms. The zero-order valence-electron chi connectivity index (χ0n) is 10.4. The zero-order valence-corrected chi connectivity index (χ0v) is 10.4. The maximum Gasteiger partial charge on any atom is 0.232 e. The Bertz CT molecular complexity index is 429. The van der Waals surface area contributed by atoms with E-state index in [0.717, 1.165) is 12.1 Å². The average molecular weight is 217 g/mol. The van der Waals surface area contributed by atoms with Gasteiger partial charge in [0.05, 0.1) is 5.92 Å². The molecule has 0 fully saturated rings. The van der Waals surface area contributed by atoms with E-state index in [0.29, 0.717) is 0 Å². The molecular formula is C14H19NO. The number of hydrogen-bond acceptors (Lipinski definition) is 1. The van der Waals surface area contributed by atoms with Crippen molar-refractivity contribution in [3.8, 4) is 0 Å². The van der Waals surface area contributed by atoms with E-state index in [4.69, 9.17) is 0 Å². The van der Waals surface area contributed by atoms with Crippen molar-refractivity contribution in [2.24, 2.45) is 5.41 Å². The summed E-state index contributed by atoms with van der Waals surface area (Å²) in [4.78, 5) is 11.9. The Morgan fingerprint density at radius 1 is 1.31 bits per heavy atom. The molecule has 0 aliphatic carbocycles. The predicted molar refractivity (Wildman–Crippen MR) is 66.6 cm³/mol. The van der Waals surface area contributed by atoms with E-state index in [2.05, 4.69) is 39.1 Å². The lowest BCUT2D eigenvalue weighted by atomic mass is 9.82. The van der Waals surface area contributed by atoms with Gasteiger partial charge in [-0.2, -0.15) is 0 Å². The molecule has 0 aromatic heterocycles. The number of carbonyl (C=O) groups is 1. The van der Waals surface area contributed by atoms with Crippen LogP contribution in [0.3, 0.4) is 0 Å². The molecule has 0 radical (unpaired) electrons. The van der Waals surface area contributed by atoms with E-state index in [9.17, 15) is 4.79 Å². The molecule has 1 aliphatic rings. The molecule has 1 aromatic carbocycles. The van der Waals surface area contributed by atoms with Crippen molar-refractivity contribution in [1.29, 1.82) is 0 Å². The third kappa shape index (κ3) is 2.11. The lowest BCUT2D eigenvalue weighted by Crippen LogP contribution is -2.18. The first-order chi connectivity index (χ1) is 7.37. The molecule has 0 spiro atoms. The molecule has 1 heterocycles. The topological polar surface area (TPSA) is 29.1 Å². The first kappa shape index (κ1) is 11.2. The second kappa shape index (κ2) is 3.62. The van der Waals surface area contributed by atoms with Gasteiger partial charge in [0.2, 0.25) is 5.91 Å². The Labute approximate surface area is 97.1 Å². The van der Waals surface area contributed by atoms with Gasteiger partial charge in [0.15, 0.2) is 0 Å². The van der Waals surface area contributed by atoms with E-state index in [1.807, 2.05) is 12.1 Å². The fourth-order valence-corrected chi connectivity index (χ4v) is 2.26. The SMILES string of the molecule is Cc1ccc2c(c1)C(CC(C)(C)C)C(=O)N2. The summed E-state index contributed by atoms with van der Waals surface area (Å²) in [6.07, 6.45) is 0.898. The fraction of sp³-hybridized carbons (Fsp3) is 0.500. The second-order valence-electron chi connectivity index (χ2n) is 5.90. The number of anilines is 1. The summed E-state index contributed by atoms with van der Waals surface area (Å²) < 4.78 is 0. The maximum atomic E-state index is 11.9. The highest BCUT2D eigenvalue weighted by Gasteiger charge is 2.33. The van der Waals surface area contributed by atoms with Gasteiger partial charge in [-0.15, -0.1) is 0 Å². The van der Waals surface area contributed by atoms with Gasteiger partial charge >= 0.3 is 0 Å². The van der Waals surface area contributed by atoms with Gasteiger partial charge in [-0.25, -0.2) is 0 Å². The van der Waals surface area contributed by atoms with E-state index >= 15 is 0 Å². The smallest absolute Gasteiger partial charge is 0.232 e. The largest absolute Gasteiger partial charge is 0.325 e. The van der Waals surface area contributed by atoms with Crippen LogP contribution in [-0.2, 0) is 4.79 Å². The number of hydrogen-bond donors (Lipinski definition) is 1. The molecule has 2 heteroatoms. The molecule has 16 heavy (non-hydrogen) atoms. The molecular weight excluding hydrogens is 198 g/mol. The van der Waals surface area contributed by atoms with Crippen LogP contribution in [0.1, 0.15) is 44.2 Å². The van der Waals surface area contributed by atoms with E-state index in [-0.39, 0.29) is 17.2 Å². The summed E-state index contributed by atoms with van der Waals surface area (Å²) in [7, 11) is 0. The van der Waals surface area contributed by atoms with Crippen molar-refractivity contribution in [2.75, 3.05) is 5.32 Å². The number of rotatable bonds is 1. The van der Waals surface area contributed by atoms with Gasteiger partial charge in [0.25, 0.3) is 0 Å². The van der Waals surface area contributed by atoms with Crippen LogP contribution in [0.25, 0.3) is 0 Å². The Morgan fingerprint density at radius 3 is 2.62 bits per heavy atom. The number of aryl methyl sites for hydroxylation is 1. The summed E-state index contributed by atoms with van der Waals surface area (Å²) in [5.74, 6) is 0.172. The van der Waals surface area contributed by atoms with Crippen molar-refractivity contribution in [1.82, 2.24) is 0 Å². The van der Waals surface area contributed by atoms with Crippen LogP contribution >= 0.6 is 0 Å². The van der Waals surface area contributed by atoms with E-state index < -0.39 is 0 Å². The average Bonchev–Trinajstić information content (AvgIpc) is 2.42. The van der Waals surface area contributed by atoms with Crippen LogP contribution in [0.2, 0.25) is 0 Å². The van der Waals surface area contributed by atoms with Gasteiger partial charge < -0.3 is 5.32 Å². The van der Waals surface area contributed by atoms with Crippen LogP contribution in [-0.4, -0.2) is 5.91 Å². The Kier molecular flexibility index (Phi) is 2.53. The maximum absolute atomic E-state index is 11.9. The van der Waals surface area contributed by atoms with E-state index in [1.165, 1.54) is 11.1 Å². The lowest BCUT2D eigenvalue weighted by Gasteiger charge is -2.21. The second-order valence-corrected chi connectivity index (χ2v) is 5.90. The predicted octanol–water partition coefficient (Wildman–Crippen LogP) is 3.47. The summed E-state index contributed by atoms with van der Waals surface area (Å²) in [5.41, 5.74) is 3.55. The third-order valence-corrected chi connectivity index (χ3v) is 2.97.